The van der Waals surface area contributed by atoms with Gasteiger partial charge in [0.05, 0.1) is 39.8 Å². The van der Waals surface area contributed by atoms with Crippen LogP contribution in [-0.2, 0) is 4.79 Å². The number of nitrogens with zero attached hydrogens (tertiary/aromatic N) is 1. The van der Waals surface area contributed by atoms with Crippen molar-refractivity contribution < 1.29 is 45.0 Å². The third-order valence-corrected chi connectivity index (χ3v) is 4.82. The van der Waals surface area contributed by atoms with Crippen LogP contribution in [0.4, 0.5) is 0 Å². The van der Waals surface area contributed by atoms with E-state index < -0.39 is 37.0 Å². The molecule has 0 rings (SSSR count). The van der Waals surface area contributed by atoms with Gasteiger partial charge in [-0.3, -0.25) is 0 Å². The summed E-state index contributed by atoms with van der Waals surface area (Å²) in [5, 5.41) is 62.3. The number of hydrogen-bond acceptors (Lipinski definition) is 8. The van der Waals surface area contributed by atoms with Crippen molar-refractivity contribution in [3.8, 4) is 0 Å². The van der Waals surface area contributed by atoms with Crippen LogP contribution in [0, 0.1) is 0 Å². The smallest absolute Gasteiger partial charge is 0.122 e. The first-order valence-electron chi connectivity index (χ1n) is 10.5. The van der Waals surface area contributed by atoms with Crippen molar-refractivity contribution in [3.63, 3.8) is 0 Å². The number of carbonyl (C=O) groups is 1. The SMILES string of the molecule is CCCCCCCCCC[N+](C)(C)CCO.O=C([O-])[C@H](O)[C@@H](O)[C@H](O)[C@H](O)CO. The highest BCUT2D eigenvalue weighted by Gasteiger charge is 2.30. The lowest BCUT2D eigenvalue weighted by atomic mass is 10.0. The molecule has 0 radical (unpaired) electrons. The second-order valence-electron chi connectivity index (χ2n) is 8.08. The number of rotatable bonds is 16. The Labute approximate surface area is 174 Å². The average molecular weight is 426 g/mol. The molecule has 0 aliphatic rings. The van der Waals surface area contributed by atoms with Crippen LogP contribution in [-0.4, -0.2) is 106 Å². The van der Waals surface area contributed by atoms with E-state index in [9.17, 15) is 9.90 Å². The summed E-state index contributed by atoms with van der Waals surface area (Å²) in [5.41, 5.74) is 0. The molecule has 0 saturated heterocycles. The van der Waals surface area contributed by atoms with E-state index in [1.54, 1.807) is 0 Å². The molecule has 0 spiro atoms. The third-order valence-electron chi connectivity index (χ3n) is 4.82. The molecule has 176 valence electrons. The van der Waals surface area contributed by atoms with Gasteiger partial charge in [-0.2, -0.15) is 0 Å². The maximum atomic E-state index is 9.98. The van der Waals surface area contributed by atoms with Gasteiger partial charge in [-0.25, -0.2) is 0 Å². The van der Waals surface area contributed by atoms with Gasteiger partial charge in [0.25, 0.3) is 0 Å². The average Bonchev–Trinajstić information content (AvgIpc) is 2.67. The van der Waals surface area contributed by atoms with Gasteiger partial charge in [-0.15, -0.1) is 0 Å². The van der Waals surface area contributed by atoms with Crippen molar-refractivity contribution in [3.05, 3.63) is 0 Å². The zero-order valence-electron chi connectivity index (χ0n) is 18.2. The molecule has 9 nitrogen and oxygen atoms in total. The number of carboxylic acid groups (broad SMARTS) is 1. The number of quaternary nitrogens is 1. The summed E-state index contributed by atoms with van der Waals surface area (Å²) in [5.74, 6) is -1.98. The van der Waals surface area contributed by atoms with E-state index in [1.165, 1.54) is 57.9 Å². The van der Waals surface area contributed by atoms with Gasteiger partial charge in [0, 0.05) is 0 Å². The molecule has 0 heterocycles. The van der Waals surface area contributed by atoms with Crippen molar-refractivity contribution in [2.24, 2.45) is 0 Å². The Kier molecular flexibility index (Phi) is 18.9. The molecule has 0 aromatic carbocycles. The van der Waals surface area contributed by atoms with Gasteiger partial charge in [0.1, 0.15) is 31.0 Å². The number of unbranched alkanes of at least 4 members (excludes halogenated alkanes) is 7. The molecule has 0 aliphatic heterocycles. The lowest BCUT2D eigenvalue weighted by Gasteiger charge is -2.28. The lowest BCUT2D eigenvalue weighted by molar-refractivity contribution is -0.890. The van der Waals surface area contributed by atoms with Crippen LogP contribution in [0.15, 0.2) is 0 Å². The molecule has 6 N–H and O–H groups in total. The molecule has 4 atom stereocenters. The highest BCUT2D eigenvalue weighted by molar-refractivity contribution is 5.70. The molecule has 0 aliphatic carbocycles. The molecule has 0 amide bonds. The topological polar surface area (TPSA) is 162 Å². The largest absolute Gasteiger partial charge is 0.547 e. The Morgan fingerprint density at radius 3 is 1.72 bits per heavy atom. The van der Waals surface area contributed by atoms with Crippen LogP contribution < -0.4 is 5.11 Å². The maximum Gasteiger partial charge on any atom is 0.122 e. The Balaban J connectivity index is 0. The molecule has 0 aromatic heterocycles. The molecule has 0 fully saturated rings. The second kappa shape index (κ2) is 18.0. The number of carbonyl (C=O) groups excluding carboxylic acids is 1. The van der Waals surface area contributed by atoms with E-state index in [1.807, 2.05) is 0 Å². The van der Waals surface area contributed by atoms with E-state index in [2.05, 4.69) is 21.0 Å². The predicted molar refractivity (Wildman–Crippen MR) is 108 cm³/mol. The Morgan fingerprint density at radius 1 is 0.828 bits per heavy atom. The number of hydrogen-bond donors (Lipinski definition) is 6. The lowest BCUT2D eigenvalue weighted by Crippen LogP contribution is -2.52. The molecule has 0 aromatic rings. The fraction of sp³-hybridized carbons (Fsp3) is 0.950. The fourth-order valence-electron chi connectivity index (χ4n) is 2.72. The minimum absolute atomic E-state index is 0.310. The quantitative estimate of drug-likeness (QED) is 0.127. The van der Waals surface area contributed by atoms with Crippen LogP contribution in [0.2, 0.25) is 0 Å². The number of carboxylic acids is 1. The zero-order chi connectivity index (χ0) is 22.9. The van der Waals surface area contributed by atoms with Crippen molar-refractivity contribution in [2.75, 3.05) is 40.4 Å². The molecule has 0 saturated carbocycles. The summed E-state index contributed by atoms with van der Waals surface area (Å²) in [4.78, 5) is 9.98. The highest BCUT2D eigenvalue weighted by Crippen LogP contribution is 2.10. The Hall–Kier alpha value is -0.810. The van der Waals surface area contributed by atoms with Gasteiger partial charge in [-0.1, -0.05) is 45.4 Å². The van der Waals surface area contributed by atoms with E-state index in [0.29, 0.717) is 6.61 Å². The molecular weight excluding hydrogens is 382 g/mol. The minimum Gasteiger partial charge on any atom is -0.547 e. The van der Waals surface area contributed by atoms with Crippen LogP contribution in [0.3, 0.4) is 0 Å². The first-order chi connectivity index (χ1) is 13.5. The number of likely N-dealkylation sites (N-methyl/N-ethyl adjacent to an activating group) is 1. The van der Waals surface area contributed by atoms with E-state index in [4.69, 9.17) is 30.6 Å². The first-order valence-corrected chi connectivity index (χ1v) is 10.5. The van der Waals surface area contributed by atoms with Crippen LogP contribution in [0.5, 0.6) is 0 Å². The first kappa shape index (κ1) is 30.4. The van der Waals surface area contributed by atoms with Gasteiger partial charge in [0.2, 0.25) is 0 Å². The summed E-state index contributed by atoms with van der Waals surface area (Å²) >= 11 is 0. The van der Waals surface area contributed by atoms with Gasteiger partial charge in [0.15, 0.2) is 0 Å². The van der Waals surface area contributed by atoms with Gasteiger partial charge in [-0.05, 0) is 12.8 Å². The van der Waals surface area contributed by atoms with Crippen molar-refractivity contribution in [1.29, 1.82) is 0 Å². The number of aliphatic carboxylic acids is 1. The number of aliphatic hydroxyl groups is 6. The normalized spacial score (nSPS) is 15.8. The summed E-state index contributed by atoms with van der Waals surface area (Å²) in [6, 6.07) is 0. The molecule has 0 unspecified atom stereocenters. The fourth-order valence-corrected chi connectivity index (χ4v) is 2.72. The van der Waals surface area contributed by atoms with E-state index >= 15 is 0 Å². The minimum atomic E-state index is -2.31. The number of aliphatic hydroxyl groups excluding tert-OH is 6. The van der Waals surface area contributed by atoms with Crippen molar-refractivity contribution in [1.82, 2.24) is 0 Å². The molecule has 9 heteroatoms. The van der Waals surface area contributed by atoms with Crippen LogP contribution in [0.25, 0.3) is 0 Å². The summed E-state index contributed by atoms with van der Waals surface area (Å²) in [6.45, 7) is 3.80. The van der Waals surface area contributed by atoms with Crippen LogP contribution >= 0.6 is 0 Å². The van der Waals surface area contributed by atoms with Crippen LogP contribution in [0.1, 0.15) is 58.3 Å². The molecule has 0 bridgehead atoms. The summed E-state index contributed by atoms with van der Waals surface area (Å²) in [6.07, 6.45) is 2.97. The molecule has 29 heavy (non-hydrogen) atoms. The Bertz CT molecular complexity index is 395. The highest BCUT2D eigenvalue weighted by atomic mass is 16.4. The zero-order valence-corrected chi connectivity index (χ0v) is 18.2. The van der Waals surface area contributed by atoms with Gasteiger partial charge >= 0.3 is 0 Å². The Morgan fingerprint density at radius 2 is 1.31 bits per heavy atom. The standard InChI is InChI=1S/C14H32NO.C6H12O7/c1-4-5-6-7-8-9-10-11-12-15(2,3)13-14-16;7-1-2(8)3(9)4(10)5(11)6(12)13/h16H,4-14H2,1-3H3;2-5,7-11H,1H2,(H,12,13)/q+1;/p-1/t;2-,3-,4+,5-/m.1/s1. The predicted octanol–water partition coefficient (Wildman–Crippen LogP) is -1.63. The summed E-state index contributed by atoms with van der Waals surface area (Å²) in [7, 11) is 4.41. The van der Waals surface area contributed by atoms with E-state index in [0.717, 1.165) is 11.0 Å². The van der Waals surface area contributed by atoms with Gasteiger partial charge < -0.3 is 45.0 Å². The van der Waals surface area contributed by atoms with E-state index in [-0.39, 0.29) is 0 Å². The van der Waals surface area contributed by atoms with Crippen molar-refractivity contribution >= 4 is 5.97 Å². The van der Waals surface area contributed by atoms with Crippen molar-refractivity contribution in [2.45, 2.75) is 82.7 Å². The monoisotopic (exact) mass is 425 g/mol. The summed E-state index contributed by atoms with van der Waals surface area (Å²) < 4.78 is 0.965. The maximum absolute atomic E-state index is 9.98. The third kappa shape index (κ3) is 16.7. The molecular formula is C20H43NO8. The second-order valence-corrected chi connectivity index (χ2v) is 8.08.